The number of hydrogen-bond acceptors (Lipinski definition) is 9. The molecule has 0 bridgehead atoms. The Morgan fingerprint density at radius 1 is 1.18 bits per heavy atom. The third-order valence-electron chi connectivity index (χ3n) is 5.19. The summed E-state index contributed by atoms with van der Waals surface area (Å²) >= 11 is 12.3. The molecule has 0 saturated carbocycles. The Bertz CT molecular complexity index is 1210. The van der Waals surface area contributed by atoms with E-state index in [1.807, 2.05) is 24.3 Å². The Balaban J connectivity index is 1.50. The number of aromatic nitrogens is 4. The van der Waals surface area contributed by atoms with Crippen LogP contribution in [0.15, 0.2) is 30.6 Å². The van der Waals surface area contributed by atoms with E-state index in [0.29, 0.717) is 29.3 Å². The molecule has 1 saturated heterocycles. The summed E-state index contributed by atoms with van der Waals surface area (Å²) < 4.78 is 23.0. The molecule has 15 heteroatoms. The molecular weight excluding hydrogens is 512 g/mol. The molecule has 0 amide bonds. The molecule has 2 aromatic heterocycles. The number of nitrogens with zero attached hydrogens (tertiary/aromatic N) is 4. The number of aliphatic hydroxyl groups excluding tert-OH is 2. The lowest BCUT2D eigenvalue weighted by Crippen LogP contribution is -2.33. The van der Waals surface area contributed by atoms with Crippen LogP contribution in [0, 0.1) is 0 Å². The highest BCUT2D eigenvalue weighted by Gasteiger charge is 2.44. The van der Waals surface area contributed by atoms with Gasteiger partial charge in [0.1, 0.15) is 24.7 Å². The lowest BCUT2D eigenvalue weighted by atomic mass is 10.1. The average molecular weight is 534 g/mol. The fourth-order valence-corrected chi connectivity index (χ4v) is 4.34. The van der Waals surface area contributed by atoms with Crippen molar-refractivity contribution in [3.05, 3.63) is 46.5 Å². The Labute approximate surface area is 203 Å². The van der Waals surface area contributed by atoms with Gasteiger partial charge in [0.2, 0.25) is 5.28 Å². The number of aliphatic hydroxyl groups is 2. The van der Waals surface area contributed by atoms with Crippen LogP contribution in [0.5, 0.6) is 0 Å². The van der Waals surface area contributed by atoms with Gasteiger partial charge < -0.3 is 34.8 Å². The number of benzene rings is 1. The van der Waals surface area contributed by atoms with E-state index in [2.05, 4.69) is 20.3 Å². The van der Waals surface area contributed by atoms with Gasteiger partial charge in [-0.1, -0.05) is 29.8 Å². The first kappa shape index (κ1) is 25.2. The highest BCUT2D eigenvalue weighted by atomic mass is 35.5. The monoisotopic (exact) mass is 533 g/mol. The van der Waals surface area contributed by atoms with Gasteiger partial charge in [-0.2, -0.15) is 9.97 Å². The summed E-state index contributed by atoms with van der Waals surface area (Å²) in [7, 11) is -4.38. The van der Waals surface area contributed by atoms with Crippen molar-refractivity contribution in [1.29, 1.82) is 0 Å². The first-order valence-electron chi connectivity index (χ1n) is 10.2. The summed E-state index contributed by atoms with van der Waals surface area (Å²) in [6.07, 6.45) is -3.72. The number of nitrogens with one attached hydrogen (secondary N) is 1. The van der Waals surface area contributed by atoms with Crippen LogP contribution >= 0.6 is 30.8 Å². The van der Waals surface area contributed by atoms with E-state index in [1.54, 1.807) is 0 Å². The molecule has 0 unspecified atom stereocenters. The molecular formula is C19H22Cl2N5O7P. The van der Waals surface area contributed by atoms with Gasteiger partial charge in [0.15, 0.2) is 23.2 Å². The predicted molar refractivity (Wildman–Crippen MR) is 123 cm³/mol. The van der Waals surface area contributed by atoms with Crippen molar-refractivity contribution in [2.24, 2.45) is 0 Å². The largest absolute Gasteiger partial charge is 0.387 e. The summed E-state index contributed by atoms with van der Waals surface area (Å²) in [4.78, 5) is 30.5. The molecule has 5 N–H and O–H groups in total. The van der Waals surface area contributed by atoms with Crippen molar-refractivity contribution in [1.82, 2.24) is 19.5 Å². The minimum absolute atomic E-state index is 0.0657. The second-order valence-corrected chi connectivity index (χ2v) is 9.98. The van der Waals surface area contributed by atoms with E-state index in [4.69, 9.17) is 42.5 Å². The molecule has 4 atom stereocenters. The summed E-state index contributed by atoms with van der Waals surface area (Å²) in [5, 5.41) is 24.6. The van der Waals surface area contributed by atoms with Gasteiger partial charge in [-0.15, -0.1) is 0 Å². The topological polar surface area (TPSA) is 172 Å². The number of halogens is 2. The number of rotatable bonds is 9. The SMILES string of the molecule is O=P(O)(O)COC[C@H]1O[C@@H](n2cnc3c(NCCc4ccccc4Cl)nc(Cl)nc32)[C@H](O)[C@@H]1O. The van der Waals surface area contributed by atoms with Crippen molar-refractivity contribution in [3.8, 4) is 0 Å². The van der Waals surface area contributed by atoms with Crippen LogP contribution in [-0.4, -0.2) is 77.3 Å². The first-order valence-corrected chi connectivity index (χ1v) is 12.7. The number of fused-ring (bicyclic) bond motifs is 1. The smallest absolute Gasteiger partial charge is 0.350 e. The molecule has 1 aliphatic rings. The molecule has 0 spiro atoms. The van der Waals surface area contributed by atoms with Crippen LogP contribution in [0.3, 0.4) is 0 Å². The molecule has 34 heavy (non-hydrogen) atoms. The molecule has 12 nitrogen and oxygen atoms in total. The highest BCUT2D eigenvalue weighted by molar-refractivity contribution is 7.51. The molecule has 184 valence electrons. The second-order valence-electron chi connectivity index (χ2n) is 7.64. The summed E-state index contributed by atoms with van der Waals surface area (Å²) in [5.41, 5.74) is 1.59. The zero-order chi connectivity index (χ0) is 24.5. The zero-order valence-electron chi connectivity index (χ0n) is 17.5. The molecule has 3 heterocycles. The van der Waals surface area contributed by atoms with Crippen LogP contribution < -0.4 is 5.32 Å². The minimum atomic E-state index is -4.38. The van der Waals surface area contributed by atoms with Gasteiger partial charge in [-0.05, 0) is 29.7 Å². The summed E-state index contributed by atoms with van der Waals surface area (Å²) in [6.45, 7) is 0.149. The van der Waals surface area contributed by atoms with Gasteiger partial charge in [0.25, 0.3) is 0 Å². The van der Waals surface area contributed by atoms with E-state index in [-0.39, 0.29) is 17.5 Å². The zero-order valence-corrected chi connectivity index (χ0v) is 19.9. The molecule has 1 aromatic carbocycles. The first-order chi connectivity index (χ1) is 16.1. The minimum Gasteiger partial charge on any atom is -0.387 e. The van der Waals surface area contributed by atoms with E-state index in [0.717, 1.165) is 5.56 Å². The normalized spacial score (nSPS) is 23.0. The number of anilines is 1. The quantitative estimate of drug-likeness (QED) is 0.199. The Kier molecular flexibility index (Phi) is 7.72. The predicted octanol–water partition coefficient (Wildman–Crippen LogP) is 1.56. The van der Waals surface area contributed by atoms with Crippen LogP contribution in [0.2, 0.25) is 10.3 Å². The second kappa shape index (κ2) is 10.4. The third kappa shape index (κ3) is 5.68. The van der Waals surface area contributed by atoms with Crippen LogP contribution in [0.25, 0.3) is 11.2 Å². The lowest BCUT2D eigenvalue weighted by molar-refractivity contribution is -0.0612. The van der Waals surface area contributed by atoms with Crippen LogP contribution in [0.4, 0.5) is 5.82 Å². The van der Waals surface area contributed by atoms with E-state index in [1.165, 1.54) is 10.9 Å². The molecule has 1 fully saturated rings. The molecule has 0 aliphatic carbocycles. The van der Waals surface area contributed by atoms with E-state index < -0.39 is 38.5 Å². The van der Waals surface area contributed by atoms with Crippen molar-refractivity contribution in [2.45, 2.75) is 31.0 Å². The van der Waals surface area contributed by atoms with E-state index >= 15 is 0 Å². The Morgan fingerprint density at radius 2 is 1.94 bits per heavy atom. The number of hydrogen-bond donors (Lipinski definition) is 5. The van der Waals surface area contributed by atoms with Crippen LogP contribution in [-0.2, 0) is 20.5 Å². The van der Waals surface area contributed by atoms with E-state index in [9.17, 15) is 14.8 Å². The van der Waals surface area contributed by atoms with Crippen molar-refractivity contribution >= 4 is 47.8 Å². The summed E-state index contributed by atoms with van der Waals surface area (Å²) in [6, 6.07) is 7.48. The number of imidazole rings is 1. The van der Waals surface area contributed by atoms with Crippen LogP contribution in [0.1, 0.15) is 11.8 Å². The van der Waals surface area contributed by atoms with Crippen molar-refractivity contribution in [2.75, 3.05) is 24.8 Å². The maximum Gasteiger partial charge on any atom is 0.350 e. The standard InChI is InChI=1S/C19H22Cl2N5O7P/c20-11-4-2-1-3-10(11)5-6-22-16-13-17(25-19(21)24-16)26(8-23-13)18-15(28)14(27)12(33-18)7-32-9-34(29,30)31/h1-4,8,12,14-15,18,27-28H,5-7,9H2,(H,22,24,25)(H2,29,30,31)/t12-,14-,15-,18-/m1/s1. The van der Waals surface area contributed by atoms with Crippen molar-refractivity contribution < 1.29 is 34.0 Å². The maximum atomic E-state index is 10.9. The van der Waals surface area contributed by atoms with Crippen molar-refractivity contribution in [3.63, 3.8) is 0 Å². The highest BCUT2D eigenvalue weighted by Crippen LogP contribution is 2.36. The van der Waals surface area contributed by atoms with Gasteiger partial charge in [-0.3, -0.25) is 9.13 Å². The Morgan fingerprint density at radius 3 is 2.68 bits per heavy atom. The van der Waals surface area contributed by atoms with Gasteiger partial charge >= 0.3 is 7.60 Å². The molecule has 0 radical (unpaired) electrons. The molecule has 3 aromatic rings. The summed E-state index contributed by atoms with van der Waals surface area (Å²) in [5.74, 6) is 0.371. The average Bonchev–Trinajstić information content (AvgIpc) is 3.30. The fourth-order valence-electron chi connectivity index (χ4n) is 3.60. The molecule has 4 rings (SSSR count). The fraction of sp³-hybridized carbons (Fsp3) is 0.421. The van der Waals surface area contributed by atoms with Gasteiger partial charge in [0, 0.05) is 11.6 Å². The number of ether oxygens (including phenoxy) is 2. The van der Waals surface area contributed by atoms with Gasteiger partial charge in [0.05, 0.1) is 12.9 Å². The maximum absolute atomic E-state index is 10.9. The third-order valence-corrected chi connectivity index (χ3v) is 6.25. The Hall–Kier alpha value is -1.86. The van der Waals surface area contributed by atoms with Gasteiger partial charge in [-0.25, -0.2) is 4.98 Å². The lowest BCUT2D eigenvalue weighted by Gasteiger charge is -2.17. The molecule has 1 aliphatic heterocycles.